The number of carboxylic acid groups (broad SMARTS) is 1. The number of aromatic carboxylic acids is 1. The summed E-state index contributed by atoms with van der Waals surface area (Å²) in [6.45, 7) is 4.75. The van der Waals surface area contributed by atoms with Gasteiger partial charge in [-0.15, -0.1) is 11.3 Å². The molecule has 0 radical (unpaired) electrons. The number of hydrogen-bond acceptors (Lipinski definition) is 3. The molecule has 4 nitrogen and oxygen atoms in total. The third-order valence-electron chi connectivity index (χ3n) is 2.85. The Morgan fingerprint density at radius 1 is 1.50 bits per heavy atom. The number of unbranched alkanes of at least 4 members (excludes halogenated alkanes) is 1. The molecule has 0 fully saturated rings. The summed E-state index contributed by atoms with van der Waals surface area (Å²) in [6.07, 6.45) is 3.47. The van der Waals surface area contributed by atoms with Crippen LogP contribution >= 0.6 is 11.3 Å². The highest BCUT2D eigenvalue weighted by Gasteiger charge is 2.15. The third-order valence-corrected chi connectivity index (χ3v) is 3.94. The van der Waals surface area contributed by atoms with Gasteiger partial charge in [-0.3, -0.25) is 4.79 Å². The zero-order valence-electron chi connectivity index (χ0n) is 10.4. The molecule has 2 heterocycles. The summed E-state index contributed by atoms with van der Waals surface area (Å²) in [7, 11) is 0. The monoisotopic (exact) mass is 265 g/mol. The Hall–Kier alpha value is -1.62. The number of hydrogen-bond donors (Lipinski definition) is 1. The average molecular weight is 265 g/mol. The van der Waals surface area contributed by atoms with Crippen LogP contribution in [-0.4, -0.2) is 15.6 Å². The van der Waals surface area contributed by atoms with E-state index in [2.05, 4.69) is 6.92 Å². The van der Waals surface area contributed by atoms with E-state index in [0.717, 1.165) is 29.1 Å². The molecule has 96 valence electrons. The van der Waals surface area contributed by atoms with Gasteiger partial charge in [0.25, 0.3) is 0 Å². The van der Waals surface area contributed by atoms with Crippen LogP contribution in [0.5, 0.6) is 0 Å². The Balaban J connectivity index is 2.71. The van der Waals surface area contributed by atoms with Crippen LogP contribution in [0.4, 0.5) is 0 Å². The Morgan fingerprint density at radius 2 is 2.22 bits per heavy atom. The molecule has 0 aromatic carbocycles. The minimum Gasteiger partial charge on any atom is -0.477 e. The summed E-state index contributed by atoms with van der Waals surface area (Å²) in [6, 6.07) is 1.78. The van der Waals surface area contributed by atoms with Crippen molar-refractivity contribution in [1.82, 2.24) is 4.57 Å². The van der Waals surface area contributed by atoms with Crippen molar-refractivity contribution in [3.05, 3.63) is 32.9 Å². The van der Waals surface area contributed by atoms with Crippen LogP contribution < -0.4 is 5.43 Å². The van der Waals surface area contributed by atoms with Gasteiger partial charge in [0, 0.05) is 17.6 Å². The quantitative estimate of drug-likeness (QED) is 0.924. The third kappa shape index (κ3) is 2.18. The van der Waals surface area contributed by atoms with Crippen molar-refractivity contribution in [2.75, 3.05) is 0 Å². The molecule has 0 spiro atoms. The summed E-state index contributed by atoms with van der Waals surface area (Å²) in [5, 5.41) is 9.59. The number of rotatable bonds is 4. The lowest BCUT2D eigenvalue weighted by Gasteiger charge is -2.08. The maximum Gasteiger partial charge on any atom is 0.341 e. The highest BCUT2D eigenvalue weighted by Crippen LogP contribution is 2.23. The second-order valence-electron chi connectivity index (χ2n) is 4.30. The largest absolute Gasteiger partial charge is 0.477 e. The number of thiophene rings is 1. The van der Waals surface area contributed by atoms with Gasteiger partial charge in [-0.25, -0.2) is 4.79 Å². The predicted molar refractivity (Wildman–Crippen MR) is 72.7 cm³/mol. The van der Waals surface area contributed by atoms with Gasteiger partial charge in [0.2, 0.25) is 5.43 Å². The lowest BCUT2D eigenvalue weighted by molar-refractivity contribution is 0.0695. The second kappa shape index (κ2) is 4.94. The number of aromatic nitrogens is 1. The zero-order chi connectivity index (χ0) is 13.3. The molecule has 1 N–H and O–H groups in total. The van der Waals surface area contributed by atoms with E-state index in [0.29, 0.717) is 5.39 Å². The number of aryl methyl sites for hydroxylation is 2. The molecule has 18 heavy (non-hydrogen) atoms. The number of carbonyl (C=O) groups is 1. The van der Waals surface area contributed by atoms with Gasteiger partial charge in [-0.05, 0) is 19.4 Å². The Kier molecular flexibility index (Phi) is 3.52. The van der Waals surface area contributed by atoms with E-state index in [1.54, 1.807) is 6.07 Å². The van der Waals surface area contributed by atoms with Crippen molar-refractivity contribution in [3.8, 4) is 0 Å². The first kappa shape index (κ1) is 12.8. The van der Waals surface area contributed by atoms with E-state index in [-0.39, 0.29) is 11.0 Å². The first-order valence-electron chi connectivity index (χ1n) is 5.91. The Morgan fingerprint density at radius 3 is 2.83 bits per heavy atom. The maximum atomic E-state index is 12.0. The van der Waals surface area contributed by atoms with Gasteiger partial charge in [-0.1, -0.05) is 13.3 Å². The summed E-state index contributed by atoms with van der Waals surface area (Å²) in [5.41, 5.74) is -0.522. The van der Waals surface area contributed by atoms with Crippen LogP contribution in [0, 0.1) is 6.92 Å². The number of carboxylic acids is 1. The number of nitrogens with zero attached hydrogens (tertiary/aromatic N) is 1. The van der Waals surface area contributed by atoms with Gasteiger partial charge >= 0.3 is 5.97 Å². The molecule has 0 bridgehead atoms. The van der Waals surface area contributed by atoms with Crippen molar-refractivity contribution in [1.29, 1.82) is 0 Å². The summed E-state index contributed by atoms with van der Waals surface area (Å²) in [5.74, 6) is -1.16. The van der Waals surface area contributed by atoms with Gasteiger partial charge in [0.1, 0.15) is 10.4 Å². The van der Waals surface area contributed by atoms with Crippen molar-refractivity contribution >= 4 is 27.5 Å². The average Bonchev–Trinajstić information content (AvgIpc) is 2.70. The van der Waals surface area contributed by atoms with Crippen molar-refractivity contribution in [2.24, 2.45) is 0 Å². The van der Waals surface area contributed by atoms with Gasteiger partial charge < -0.3 is 9.67 Å². The molecule has 2 aromatic heterocycles. The molecule has 0 aliphatic rings. The summed E-state index contributed by atoms with van der Waals surface area (Å²) < 4.78 is 1.89. The fourth-order valence-corrected chi connectivity index (χ4v) is 2.95. The van der Waals surface area contributed by atoms with Crippen LogP contribution in [0.25, 0.3) is 10.2 Å². The summed E-state index contributed by atoms with van der Waals surface area (Å²) >= 11 is 1.53. The topological polar surface area (TPSA) is 59.3 Å². The predicted octanol–water partition coefficient (Wildman–Crippen LogP) is 2.87. The molecular formula is C13H15NO3S. The first-order valence-corrected chi connectivity index (χ1v) is 6.73. The number of fused-ring (bicyclic) bond motifs is 1. The lowest BCUT2D eigenvalue weighted by Crippen LogP contribution is -2.17. The van der Waals surface area contributed by atoms with Crippen LogP contribution in [-0.2, 0) is 6.54 Å². The van der Waals surface area contributed by atoms with Crippen LogP contribution in [0.1, 0.15) is 35.0 Å². The zero-order valence-corrected chi connectivity index (χ0v) is 11.2. The molecule has 2 aromatic rings. The SMILES string of the molecule is CCCCn1cc(C(=O)O)c(=O)c2cc(C)sc21. The van der Waals surface area contributed by atoms with Crippen molar-refractivity contribution in [2.45, 2.75) is 33.2 Å². The van der Waals surface area contributed by atoms with E-state index >= 15 is 0 Å². The molecule has 0 atom stereocenters. The molecule has 0 amide bonds. The normalized spacial score (nSPS) is 11.0. The van der Waals surface area contributed by atoms with E-state index < -0.39 is 5.97 Å². The molecule has 2 rings (SSSR count). The molecule has 0 aliphatic heterocycles. The fourth-order valence-electron chi connectivity index (χ4n) is 1.94. The van der Waals surface area contributed by atoms with Gasteiger partial charge in [0.15, 0.2) is 0 Å². The minimum atomic E-state index is -1.16. The van der Waals surface area contributed by atoms with Crippen LogP contribution in [0.2, 0.25) is 0 Å². The number of pyridine rings is 1. The molecule has 0 saturated heterocycles. The lowest BCUT2D eigenvalue weighted by atomic mass is 10.2. The molecule has 0 saturated carbocycles. The summed E-state index contributed by atoms with van der Waals surface area (Å²) in [4.78, 5) is 25.0. The van der Waals surface area contributed by atoms with E-state index in [1.165, 1.54) is 17.5 Å². The van der Waals surface area contributed by atoms with Crippen molar-refractivity contribution in [3.63, 3.8) is 0 Å². The second-order valence-corrected chi connectivity index (χ2v) is 5.53. The fraction of sp³-hybridized carbons (Fsp3) is 0.385. The molecular weight excluding hydrogens is 250 g/mol. The Bertz CT molecular complexity index is 654. The molecule has 5 heteroatoms. The maximum absolute atomic E-state index is 12.0. The standard InChI is InChI=1S/C13H15NO3S/c1-3-4-5-14-7-10(13(16)17)11(15)9-6-8(2)18-12(9)14/h6-7H,3-5H2,1-2H3,(H,16,17). The minimum absolute atomic E-state index is 0.142. The highest BCUT2D eigenvalue weighted by molar-refractivity contribution is 7.18. The van der Waals surface area contributed by atoms with Crippen LogP contribution in [0.3, 0.4) is 0 Å². The van der Waals surface area contributed by atoms with Gasteiger partial charge in [0.05, 0.1) is 5.39 Å². The highest BCUT2D eigenvalue weighted by atomic mass is 32.1. The molecule has 0 unspecified atom stereocenters. The van der Waals surface area contributed by atoms with E-state index in [4.69, 9.17) is 5.11 Å². The molecule has 0 aliphatic carbocycles. The van der Waals surface area contributed by atoms with E-state index in [1.807, 2.05) is 11.5 Å². The first-order chi connectivity index (χ1) is 8.54. The Labute approximate surface area is 108 Å². The van der Waals surface area contributed by atoms with Gasteiger partial charge in [-0.2, -0.15) is 0 Å². The smallest absolute Gasteiger partial charge is 0.341 e. The van der Waals surface area contributed by atoms with Crippen LogP contribution in [0.15, 0.2) is 17.1 Å². The van der Waals surface area contributed by atoms with Crippen molar-refractivity contribution < 1.29 is 9.90 Å². The van der Waals surface area contributed by atoms with E-state index in [9.17, 15) is 9.59 Å².